The molecule has 0 aliphatic carbocycles. The number of ketones is 1. The van der Waals surface area contributed by atoms with Crippen molar-refractivity contribution in [1.82, 2.24) is 14.8 Å². The molecular weight excluding hydrogens is 402 g/mol. The van der Waals surface area contributed by atoms with Crippen LogP contribution in [0.5, 0.6) is 17.2 Å². The lowest BCUT2D eigenvalue weighted by Gasteiger charge is -2.10. The average molecular weight is 426 g/mol. The summed E-state index contributed by atoms with van der Waals surface area (Å²) < 4.78 is 17.6. The van der Waals surface area contributed by atoms with E-state index in [1.54, 1.807) is 45.6 Å². The molecule has 3 rings (SSSR count). The Balaban J connectivity index is 1.78. The molecule has 0 aliphatic heterocycles. The van der Waals surface area contributed by atoms with Crippen LogP contribution < -0.4 is 14.2 Å². The predicted octanol–water partition coefficient (Wildman–Crippen LogP) is 4.13. The smallest absolute Gasteiger partial charge is 0.192 e. The second kappa shape index (κ2) is 9.98. The van der Waals surface area contributed by atoms with E-state index >= 15 is 0 Å². The molecule has 156 valence electrons. The van der Waals surface area contributed by atoms with Crippen LogP contribution in [0.4, 0.5) is 0 Å². The maximum Gasteiger partial charge on any atom is 0.192 e. The van der Waals surface area contributed by atoms with E-state index in [9.17, 15) is 4.79 Å². The molecule has 1 aromatic heterocycles. The third kappa shape index (κ3) is 4.65. The van der Waals surface area contributed by atoms with Crippen LogP contribution in [0.1, 0.15) is 10.4 Å². The van der Waals surface area contributed by atoms with E-state index in [-0.39, 0.29) is 11.5 Å². The lowest BCUT2D eigenvalue weighted by atomic mass is 10.1. The van der Waals surface area contributed by atoms with E-state index in [2.05, 4.69) is 16.8 Å². The van der Waals surface area contributed by atoms with Gasteiger partial charge in [-0.3, -0.25) is 9.36 Å². The first-order valence-electron chi connectivity index (χ1n) is 9.17. The van der Waals surface area contributed by atoms with E-state index in [1.807, 2.05) is 28.8 Å². The van der Waals surface area contributed by atoms with Crippen molar-refractivity contribution >= 4 is 17.5 Å². The number of ether oxygens (including phenoxy) is 3. The summed E-state index contributed by atoms with van der Waals surface area (Å²) in [4.78, 5) is 12.7. The highest BCUT2D eigenvalue weighted by Gasteiger charge is 2.17. The van der Waals surface area contributed by atoms with Crippen LogP contribution in [0, 0.1) is 0 Å². The van der Waals surface area contributed by atoms with Gasteiger partial charge in [0, 0.05) is 17.7 Å². The number of hydrogen-bond acceptors (Lipinski definition) is 7. The zero-order valence-electron chi connectivity index (χ0n) is 17.1. The Bertz CT molecular complexity index is 1030. The molecule has 0 fully saturated rings. The Morgan fingerprint density at radius 1 is 1.03 bits per heavy atom. The van der Waals surface area contributed by atoms with Gasteiger partial charge in [0.1, 0.15) is 5.75 Å². The summed E-state index contributed by atoms with van der Waals surface area (Å²) >= 11 is 1.33. The van der Waals surface area contributed by atoms with Crippen LogP contribution in [-0.2, 0) is 6.54 Å². The largest absolute Gasteiger partial charge is 0.497 e. The second-order valence-corrected chi connectivity index (χ2v) is 7.16. The topological polar surface area (TPSA) is 75.5 Å². The van der Waals surface area contributed by atoms with Gasteiger partial charge in [-0.05, 0) is 42.5 Å². The third-order valence-electron chi connectivity index (χ3n) is 4.41. The molecule has 8 heteroatoms. The Labute approximate surface area is 179 Å². The zero-order valence-corrected chi connectivity index (χ0v) is 17.9. The van der Waals surface area contributed by atoms with Gasteiger partial charge < -0.3 is 14.2 Å². The summed E-state index contributed by atoms with van der Waals surface area (Å²) in [7, 11) is 4.72. The minimum absolute atomic E-state index is 0.0416. The van der Waals surface area contributed by atoms with Crippen molar-refractivity contribution in [3.8, 4) is 28.6 Å². The van der Waals surface area contributed by atoms with Crippen molar-refractivity contribution in [2.45, 2.75) is 11.7 Å². The Hall–Kier alpha value is -3.26. The molecule has 7 nitrogen and oxygen atoms in total. The fourth-order valence-electron chi connectivity index (χ4n) is 2.87. The number of benzene rings is 2. The summed E-state index contributed by atoms with van der Waals surface area (Å²) in [5, 5.41) is 9.25. The van der Waals surface area contributed by atoms with E-state index in [0.29, 0.717) is 34.6 Å². The standard InChI is InChI=1S/C22H23N3O4S/c1-5-12-25-21(15-6-9-17(27-2)10-7-15)23-24-22(25)30-14-18(26)16-8-11-19(28-3)20(13-16)29-4/h5-11,13H,1,12,14H2,2-4H3. The molecular formula is C22H23N3O4S. The van der Waals surface area contributed by atoms with Crippen LogP contribution in [0.2, 0.25) is 0 Å². The van der Waals surface area contributed by atoms with Crippen LogP contribution in [0.3, 0.4) is 0 Å². The van der Waals surface area contributed by atoms with Crippen LogP contribution in [0.25, 0.3) is 11.4 Å². The van der Waals surface area contributed by atoms with Crippen LogP contribution in [-0.4, -0.2) is 47.6 Å². The maximum absolute atomic E-state index is 12.7. The van der Waals surface area contributed by atoms with Gasteiger partial charge in [-0.2, -0.15) is 0 Å². The molecule has 2 aromatic carbocycles. The SMILES string of the molecule is C=CCn1c(SCC(=O)c2ccc(OC)c(OC)c2)nnc1-c1ccc(OC)cc1. The first kappa shape index (κ1) is 21.4. The van der Waals surface area contributed by atoms with Gasteiger partial charge in [0.15, 0.2) is 28.3 Å². The van der Waals surface area contributed by atoms with Crippen molar-refractivity contribution in [2.24, 2.45) is 0 Å². The number of Topliss-reactive ketones (excluding diaryl/α,β-unsaturated/α-hetero) is 1. The molecule has 0 radical (unpaired) electrons. The van der Waals surface area contributed by atoms with E-state index in [0.717, 1.165) is 11.3 Å². The molecule has 0 aliphatic rings. The zero-order chi connectivity index (χ0) is 21.5. The number of allylic oxidation sites excluding steroid dienone is 1. The van der Waals surface area contributed by atoms with E-state index in [4.69, 9.17) is 14.2 Å². The molecule has 0 saturated heterocycles. The first-order valence-corrected chi connectivity index (χ1v) is 10.2. The molecule has 3 aromatic rings. The number of nitrogens with zero attached hydrogens (tertiary/aromatic N) is 3. The fraction of sp³-hybridized carbons (Fsp3) is 0.227. The normalized spacial score (nSPS) is 10.5. The van der Waals surface area contributed by atoms with Gasteiger partial charge in [-0.1, -0.05) is 17.8 Å². The Morgan fingerprint density at radius 3 is 2.40 bits per heavy atom. The van der Waals surface area contributed by atoms with Gasteiger partial charge in [0.05, 0.1) is 27.1 Å². The predicted molar refractivity (Wildman–Crippen MR) is 117 cm³/mol. The molecule has 0 unspecified atom stereocenters. The summed E-state index contributed by atoms with van der Waals surface area (Å²) in [6.45, 7) is 4.35. The number of rotatable bonds is 10. The van der Waals surface area contributed by atoms with Crippen LogP contribution >= 0.6 is 11.8 Å². The number of carbonyl (C=O) groups excluding carboxylic acids is 1. The van der Waals surface area contributed by atoms with Gasteiger partial charge in [-0.15, -0.1) is 16.8 Å². The molecule has 1 heterocycles. The van der Waals surface area contributed by atoms with Gasteiger partial charge in [0.25, 0.3) is 0 Å². The number of methoxy groups -OCH3 is 3. The molecule has 0 atom stereocenters. The summed E-state index contributed by atoms with van der Waals surface area (Å²) in [5.74, 6) is 2.75. The first-order chi connectivity index (χ1) is 14.6. The van der Waals surface area contributed by atoms with Crippen molar-refractivity contribution < 1.29 is 19.0 Å². The second-order valence-electron chi connectivity index (χ2n) is 6.22. The summed E-state index contributed by atoms with van der Waals surface area (Å²) in [6, 6.07) is 12.7. The van der Waals surface area contributed by atoms with Crippen molar-refractivity contribution in [3.63, 3.8) is 0 Å². The lowest BCUT2D eigenvalue weighted by molar-refractivity contribution is 0.102. The van der Waals surface area contributed by atoms with E-state index in [1.165, 1.54) is 11.8 Å². The summed E-state index contributed by atoms with van der Waals surface area (Å²) in [5.41, 5.74) is 1.45. The van der Waals surface area contributed by atoms with Gasteiger partial charge in [-0.25, -0.2) is 0 Å². The monoisotopic (exact) mass is 425 g/mol. The highest BCUT2D eigenvalue weighted by molar-refractivity contribution is 7.99. The molecule has 30 heavy (non-hydrogen) atoms. The molecule has 0 spiro atoms. The minimum atomic E-state index is -0.0416. The molecule has 0 amide bonds. The molecule has 0 bridgehead atoms. The number of hydrogen-bond donors (Lipinski definition) is 0. The Morgan fingerprint density at radius 2 is 1.77 bits per heavy atom. The highest BCUT2D eigenvalue weighted by Crippen LogP contribution is 2.29. The number of thioether (sulfide) groups is 1. The van der Waals surface area contributed by atoms with Crippen LogP contribution in [0.15, 0.2) is 60.3 Å². The fourth-order valence-corrected chi connectivity index (χ4v) is 3.71. The highest BCUT2D eigenvalue weighted by atomic mass is 32.2. The quantitative estimate of drug-likeness (QED) is 0.275. The Kier molecular flexibility index (Phi) is 7.13. The summed E-state index contributed by atoms with van der Waals surface area (Å²) in [6.07, 6.45) is 1.77. The van der Waals surface area contributed by atoms with Crippen molar-refractivity contribution in [1.29, 1.82) is 0 Å². The average Bonchev–Trinajstić information content (AvgIpc) is 3.19. The van der Waals surface area contributed by atoms with Gasteiger partial charge >= 0.3 is 0 Å². The number of carbonyl (C=O) groups is 1. The molecule has 0 N–H and O–H groups in total. The maximum atomic E-state index is 12.7. The minimum Gasteiger partial charge on any atom is -0.497 e. The van der Waals surface area contributed by atoms with Gasteiger partial charge in [0.2, 0.25) is 0 Å². The van der Waals surface area contributed by atoms with Crippen molar-refractivity contribution in [2.75, 3.05) is 27.1 Å². The van der Waals surface area contributed by atoms with Crippen molar-refractivity contribution in [3.05, 3.63) is 60.7 Å². The third-order valence-corrected chi connectivity index (χ3v) is 5.38. The van der Waals surface area contributed by atoms with E-state index < -0.39 is 0 Å². The molecule has 0 saturated carbocycles. The number of aromatic nitrogens is 3. The lowest BCUT2D eigenvalue weighted by Crippen LogP contribution is -2.06.